The van der Waals surface area contributed by atoms with Crippen molar-refractivity contribution in [2.45, 2.75) is 51.9 Å². The lowest BCUT2D eigenvalue weighted by Crippen LogP contribution is -2.42. The van der Waals surface area contributed by atoms with E-state index in [1.807, 2.05) is 6.92 Å². The largest absolute Gasteiger partial charge is 0.415 e. The lowest BCUT2D eigenvalue weighted by Gasteiger charge is -2.37. The normalized spacial score (nSPS) is 13.8. The molecule has 0 aliphatic rings. The highest BCUT2D eigenvalue weighted by Crippen LogP contribution is 2.36. The fraction of sp³-hybridized carbons (Fsp3) is 0.474. The first-order chi connectivity index (χ1) is 13.0. The van der Waals surface area contributed by atoms with E-state index in [0.29, 0.717) is 23.3 Å². The fourth-order valence-electron chi connectivity index (χ4n) is 2.59. The number of nitrogens with zero attached hydrogens (tertiary/aromatic N) is 5. The molecule has 3 aromatic heterocycles. The molecule has 0 spiro atoms. The topological polar surface area (TPSA) is 74.8 Å². The third-order valence-electron chi connectivity index (χ3n) is 5.41. The molecule has 1 atom stereocenters. The summed E-state index contributed by atoms with van der Waals surface area (Å²) in [6.07, 6.45) is 4.92. The molecule has 7 nitrogen and oxygen atoms in total. The van der Waals surface area contributed by atoms with Gasteiger partial charge in [0.05, 0.1) is 24.4 Å². The molecule has 9 heteroatoms. The van der Waals surface area contributed by atoms with Crippen LogP contribution < -0.4 is 5.56 Å². The highest BCUT2D eigenvalue weighted by molar-refractivity contribution is 6.74. The van der Waals surface area contributed by atoms with Crippen molar-refractivity contribution in [1.82, 2.24) is 24.3 Å². The number of hydrogen-bond acceptors (Lipinski definition) is 5. The Morgan fingerprint density at radius 3 is 2.64 bits per heavy atom. The van der Waals surface area contributed by atoms with Crippen molar-refractivity contribution in [1.29, 1.82) is 0 Å². The van der Waals surface area contributed by atoms with Crippen molar-refractivity contribution in [3.63, 3.8) is 0 Å². The Morgan fingerprint density at radius 1 is 1.32 bits per heavy atom. The minimum atomic E-state index is -1.90. The number of hydrogen-bond donors (Lipinski definition) is 0. The third-order valence-corrected chi connectivity index (χ3v) is 10.1. The van der Waals surface area contributed by atoms with Gasteiger partial charge in [0.25, 0.3) is 5.56 Å². The van der Waals surface area contributed by atoms with E-state index in [1.54, 1.807) is 40.1 Å². The van der Waals surface area contributed by atoms with Gasteiger partial charge in [-0.3, -0.25) is 9.36 Å². The zero-order valence-corrected chi connectivity index (χ0v) is 18.9. The molecule has 3 rings (SSSR count). The van der Waals surface area contributed by atoms with Crippen molar-refractivity contribution in [2.75, 3.05) is 6.61 Å². The number of halogens is 1. The number of pyridine rings is 1. The van der Waals surface area contributed by atoms with E-state index < -0.39 is 8.32 Å². The van der Waals surface area contributed by atoms with Crippen LogP contribution in [0, 0.1) is 0 Å². The van der Waals surface area contributed by atoms with Crippen molar-refractivity contribution in [2.24, 2.45) is 0 Å². The fourth-order valence-corrected chi connectivity index (χ4v) is 3.87. The van der Waals surface area contributed by atoms with Crippen molar-refractivity contribution in [3.8, 4) is 5.82 Å². The minimum absolute atomic E-state index is 0.108. The molecular weight excluding hydrogens is 394 g/mol. The van der Waals surface area contributed by atoms with Crippen molar-refractivity contribution >= 4 is 30.8 Å². The summed E-state index contributed by atoms with van der Waals surface area (Å²) in [5, 5.41) is 4.92. The molecule has 0 aliphatic carbocycles. The summed E-state index contributed by atoms with van der Waals surface area (Å²) in [7, 11) is -1.90. The molecule has 0 saturated carbocycles. The molecule has 28 heavy (non-hydrogen) atoms. The Balaban J connectivity index is 1.98. The van der Waals surface area contributed by atoms with Crippen LogP contribution in [0.15, 0.2) is 35.6 Å². The quantitative estimate of drug-likeness (QED) is 0.457. The van der Waals surface area contributed by atoms with Crippen molar-refractivity contribution in [3.05, 3.63) is 46.4 Å². The SMILES string of the molecule is CC(CO[Si](C)(C)C(C)(C)C)n1cnc2c(-n3cccn3)nc(Cl)cc2c1=O. The zero-order chi connectivity index (χ0) is 20.7. The van der Waals surface area contributed by atoms with Gasteiger partial charge in [-0.25, -0.2) is 14.6 Å². The molecule has 150 valence electrons. The molecule has 1 unspecified atom stereocenters. The number of fused-ring (bicyclic) bond motifs is 1. The van der Waals surface area contributed by atoms with Crippen LogP contribution in [-0.4, -0.2) is 39.2 Å². The standard InChI is InChI=1S/C19H26ClN5O2Si/c1-13(11-27-28(5,6)19(2,3)4)24-12-21-16-14(18(24)26)10-15(20)23-17(16)25-9-7-8-22-25/h7-10,12-13H,11H2,1-6H3. The van der Waals surface area contributed by atoms with Gasteiger partial charge in [0, 0.05) is 12.4 Å². The number of aromatic nitrogens is 5. The first-order valence-corrected chi connectivity index (χ1v) is 12.5. The second-order valence-corrected chi connectivity index (χ2v) is 13.7. The van der Waals surface area contributed by atoms with E-state index in [2.05, 4.69) is 48.9 Å². The van der Waals surface area contributed by atoms with Gasteiger partial charge in [-0.05, 0) is 37.2 Å². The summed E-state index contributed by atoms with van der Waals surface area (Å²) in [5.41, 5.74) is 0.293. The summed E-state index contributed by atoms with van der Waals surface area (Å²) in [5.74, 6) is 0.432. The monoisotopic (exact) mass is 419 g/mol. The molecule has 0 amide bonds. The predicted molar refractivity (Wildman–Crippen MR) is 114 cm³/mol. The van der Waals surface area contributed by atoms with E-state index in [-0.39, 0.29) is 21.8 Å². The van der Waals surface area contributed by atoms with Gasteiger partial charge >= 0.3 is 0 Å². The maximum absolute atomic E-state index is 13.1. The Bertz CT molecular complexity index is 1040. The van der Waals surface area contributed by atoms with E-state index in [9.17, 15) is 4.79 Å². The van der Waals surface area contributed by atoms with Gasteiger partial charge in [0.2, 0.25) is 0 Å². The summed E-state index contributed by atoms with van der Waals surface area (Å²) in [4.78, 5) is 21.9. The van der Waals surface area contributed by atoms with Gasteiger partial charge in [0.1, 0.15) is 10.7 Å². The maximum Gasteiger partial charge on any atom is 0.261 e. The minimum Gasteiger partial charge on any atom is -0.415 e. The van der Waals surface area contributed by atoms with E-state index >= 15 is 0 Å². The molecule has 0 N–H and O–H groups in total. The molecule has 3 aromatic rings. The van der Waals surface area contributed by atoms with E-state index in [0.717, 1.165) is 0 Å². The summed E-state index contributed by atoms with van der Waals surface area (Å²) in [6.45, 7) is 13.4. The summed E-state index contributed by atoms with van der Waals surface area (Å²) < 4.78 is 9.43. The van der Waals surface area contributed by atoms with Crippen LogP contribution in [0.5, 0.6) is 0 Å². The second-order valence-electron chi connectivity index (χ2n) is 8.49. The Labute approximate surface area is 170 Å². The van der Waals surface area contributed by atoms with Crippen LogP contribution in [0.4, 0.5) is 0 Å². The first kappa shape index (κ1) is 20.7. The molecule has 0 bridgehead atoms. The van der Waals surface area contributed by atoms with Crippen LogP contribution in [0.2, 0.25) is 23.3 Å². The lowest BCUT2D eigenvalue weighted by molar-refractivity contribution is 0.236. The lowest BCUT2D eigenvalue weighted by atomic mass is 10.2. The van der Waals surface area contributed by atoms with Gasteiger partial charge in [0.15, 0.2) is 14.1 Å². The van der Waals surface area contributed by atoms with E-state index in [1.165, 1.54) is 0 Å². The Morgan fingerprint density at radius 2 is 2.04 bits per heavy atom. The molecule has 0 saturated heterocycles. The molecule has 0 aliphatic heterocycles. The van der Waals surface area contributed by atoms with E-state index in [4.69, 9.17) is 16.0 Å². The van der Waals surface area contributed by atoms with Gasteiger partial charge in [-0.15, -0.1) is 0 Å². The highest BCUT2D eigenvalue weighted by atomic mass is 35.5. The first-order valence-electron chi connectivity index (χ1n) is 9.22. The summed E-state index contributed by atoms with van der Waals surface area (Å²) >= 11 is 6.17. The molecule has 3 heterocycles. The Hall–Kier alpha value is -2.03. The highest BCUT2D eigenvalue weighted by Gasteiger charge is 2.37. The van der Waals surface area contributed by atoms with Crippen molar-refractivity contribution < 1.29 is 4.43 Å². The average Bonchev–Trinajstić information content (AvgIpc) is 3.13. The third kappa shape index (κ3) is 3.90. The smallest absolute Gasteiger partial charge is 0.261 e. The second kappa shape index (κ2) is 7.42. The average molecular weight is 420 g/mol. The Kier molecular flexibility index (Phi) is 5.48. The van der Waals surface area contributed by atoms with Crippen LogP contribution >= 0.6 is 11.6 Å². The molecule has 0 radical (unpaired) electrons. The number of rotatable bonds is 5. The van der Waals surface area contributed by atoms with Gasteiger partial charge in [-0.2, -0.15) is 5.10 Å². The van der Waals surface area contributed by atoms with Gasteiger partial charge < -0.3 is 4.43 Å². The van der Waals surface area contributed by atoms with Crippen LogP contribution in [0.1, 0.15) is 33.7 Å². The molecule has 0 aromatic carbocycles. The molecular formula is C19H26ClN5O2Si. The summed E-state index contributed by atoms with van der Waals surface area (Å²) in [6, 6.07) is 3.17. The van der Waals surface area contributed by atoms with Crippen LogP contribution in [0.3, 0.4) is 0 Å². The van der Waals surface area contributed by atoms with Gasteiger partial charge in [-0.1, -0.05) is 32.4 Å². The zero-order valence-electron chi connectivity index (χ0n) is 17.1. The molecule has 0 fully saturated rings. The maximum atomic E-state index is 13.1. The van der Waals surface area contributed by atoms with Crippen LogP contribution in [0.25, 0.3) is 16.7 Å². The predicted octanol–water partition coefficient (Wildman–Crippen LogP) is 4.21. The van der Waals surface area contributed by atoms with Crippen LogP contribution in [-0.2, 0) is 4.43 Å².